The van der Waals surface area contributed by atoms with E-state index >= 15 is 0 Å². The zero-order valence-electron chi connectivity index (χ0n) is 12.3. The van der Waals surface area contributed by atoms with E-state index in [-0.39, 0.29) is 11.9 Å². The van der Waals surface area contributed by atoms with Crippen molar-refractivity contribution < 1.29 is 9.90 Å². The molecule has 8 nitrogen and oxygen atoms in total. The van der Waals surface area contributed by atoms with Gasteiger partial charge in [0, 0.05) is 20.6 Å². The number of aryl methyl sites for hydroxylation is 2. The van der Waals surface area contributed by atoms with Crippen LogP contribution in [0.3, 0.4) is 0 Å². The van der Waals surface area contributed by atoms with Crippen molar-refractivity contribution in [1.29, 1.82) is 0 Å². The minimum atomic E-state index is -1.02. The van der Waals surface area contributed by atoms with Gasteiger partial charge in [0.15, 0.2) is 5.52 Å². The molecule has 0 saturated carbocycles. The van der Waals surface area contributed by atoms with Crippen LogP contribution in [0.5, 0.6) is 0 Å². The Morgan fingerprint density at radius 2 is 1.90 bits per heavy atom. The molecular weight excluding hydrogens is 276 g/mol. The number of carboxylic acid groups (broad SMARTS) is 1. The predicted octanol–water partition coefficient (Wildman–Crippen LogP) is -0.139. The van der Waals surface area contributed by atoms with E-state index in [0.29, 0.717) is 18.0 Å². The summed E-state index contributed by atoms with van der Waals surface area (Å²) < 4.78 is 3.98. The van der Waals surface area contributed by atoms with Gasteiger partial charge in [-0.15, -0.1) is 0 Å². The monoisotopic (exact) mass is 294 g/mol. The SMILES string of the molecule is CCCCn1c(CC(=O)O)nc2c(=O)n(C)c(=O)n(C)c21. The topological polar surface area (TPSA) is 99.1 Å². The van der Waals surface area contributed by atoms with Crippen LogP contribution in [0.15, 0.2) is 9.59 Å². The molecule has 0 amide bonds. The number of fused-ring (bicyclic) bond motifs is 1. The van der Waals surface area contributed by atoms with Gasteiger partial charge < -0.3 is 9.67 Å². The molecule has 2 aromatic rings. The average molecular weight is 294 g/mol. The maximum atomic E-state index is 12.2. The van der Waals surface area contributed by atoms with E-state index in [0.717, 1.165) is 17.4 Å². The van der Waals surface area contributed by atoms with E-state index in [1.807, 2.05) is 6.92 Å². The molecule has 0 fully saturated rings. The lowest BCUT2D eigenvalue weighted by Crippen LogP contribution is -2.37. The Morgan fingerprint density at radius 1 is 1.24 bits per heavy atom. The zero-order valence-corrected chi connectivity index (χ0v) is 12.3. The van der Waals surface area contributed by atoms with Crippen molar-refractivity contribution >= 4 is 17.1 Å². The number of unbranched alkanes of at least 4 members (excludes halogenated alkanes) is 1. The lowest BCUT2D eigenvalue weighted by molar-refractivity contribution is -0.136. The fraction of sp³-hybridized carbons (Fsp3) is 0.538. The number of aliphatic carboxylic acids is 1. The molecule has 2 aromatic heterocycles. The molecule has 0 saturated heterocycles. The van der Waals surface area contributed by atoms with E-state index in [9.17, 15) is 14.4 Å². The highest BCUT2D eigenvalue weighted by molar-refractivity contribution is 5.74. The largest absolute Gasteiger partial charge is 0.481 e. The second-order valence-electron chi connectivity index (χ2n) is 4.98. The van der Waals surface area contributed by atoms with E-state index in [1.54, 1.807) is 11.6 Å². The van der Waals surface area contributed by atoms with Crippen molar-refractivity contribution in [3.63, 3.8) is 0 Å². The Kier molecular flexibility index (Phi) is 3.97. The molecular formula is C13H18N4O4. The van der Waals surface area contributed by atoms with Gasteiger partial charge in [-0.25, -0.2) is 9.78 Å². The molecule has 0 bridgehead atoms. The number of rotatable bonds is 5. The first kappa shape index (κ1) is 15.0. The summed E-state index contributed by atoms with van der Waals surface area (Å²) in [7, 11) is 2.94. The van der Waals surface area contributed by atoms with Gasteiger partial charge in [-0.3, -0.25) is 18.7 Å². The number of hydrogen-bond acceptors (Lipinski definition) is 4. The number of imidazole rings is 1. The van der Waals surface area contributed by atoms with Gasteiger partial charge in [0.2, 0.25) is 0 Å². The van der Waals surface area contributed by atoms with Crippen molar-refractivity contribution in [2.24, 2.45) is 14.1 Å². The molecule has 0 aliphatic rings. The fourth-order valence-electron chi connectivity index (χ4n) is 2.36. The van der Waals surface area contributed by atoms with Crippen LogP contribution in [0.4, 0.5) is 0 Å². The molecule has 0 aromatic carbocycles. The molecule has 0 atom stereocenters. The van der Waals surface area contributed by atoms with Crippen molar-refractivity contribution in [3.05, 3.63) is 26.7 Å². The summed E-state index contributed by atoms with van der Waals surface area (Å²) in [6.07, 6.45) is 1.43. The molecule has 0 aliphatic carbocycles. The van der Waals surface area contributed by atoms with Gasteiger partial charge in [-0.05, 0) is 6.42 Å². The normalized spacial score (nSPS) is 11.2. The van der Waals surface area contributed by atoms with Crippen LogP contribution in [0.1, 0.15) is 25.6 Å². The molecule has 8 heteroatoms. The first-order valence-corrected chi connectivity index (χ1v) is 6.75. The van der Waals surface area contributed by atoms with E-state index < -0.39 is 17.2 Å². The maximum Gasteiger partial charge on any atom is 0.332 e. The summed E-state index contributed by atoms with van der Waals surface area (Å²) in [5.74, 6) is -0.728. The highest BCUT2D eigenvalue weighted by atomic mass is 16.4. The van der Waals surface area contributed by atoms with Crippen LogP contribution in [0.25, 0.3) is 11.2 Å². The lowest BCUT2D eigenvalue weighted by atomic mass is 10.3. The standard InChI is InChI=1S/C13H18N4O4/c1-4-5-6-17-8(7-9(18)19)14-10-11(17)15(2)13(21)16(3)12(10)20/h4-7H2,1-3H3,(H,18,19). The van der Waals surface area contributed by atoms with E-state index in [4.69, 9.17) is 5.11 Å². The van der Waals surface area contributed by atoms with Crippen molar-refractivity contribution in [2.45, 2.75) is 32.7 Å². The quantitative estimate of drug-likeness (QED) is 0.827. The van der Waals surface area contributed by atoms with Crippen LogP contribution >= 0.6 is 0 Å². The van der Waals surface area contributed by atoms with Gasteiger partial charge in [0.1, 0.15) is 17.9 Å². The summed E-state index contributed by atoms with van der Waals surface area (Å²) in [5.41, 5.74) is -0.443. The molecule has 114 valence electrons. The number of nitrogens with zero attached hydrogens (tertiary/aromatic N) is 4. The Bertz CT molecular complexity index is 812. The average Bonchev–Trinajstić information content (AvgIpc) is 2.78. The molecule has 0 radical (unpaired) electrons. The fourth-order valence-corrected chi connectivity index (χ4v) is 2.36. The Morgan fingerprint density at radius 3 is 2.48 bits per heavy atom. The highest BCUT2D eigenvalue weighted by Crippen LogP contribution is 2.13. The molecule has 0 spiro atoms. The van der Waals surface area contributed by atoms with Gasteiger partial charge in [0.25, 0.3) is 5.56 Å². The van der Waals surface area contributed by atoms with Crippen molar-refractivity contribution in [1.82, 2.24) is 18.7 Å². The van der Waals surface area contributed by atoms with Crippen LogP contribution in [-0.4, -0.2) is 29.8 Å². The van der Waals surface area contributed by atoms with Crippen LogP contribution in [-0.2, 0) is 31.9 Å². The van der Waals surface area contributed by atoms with Crippen LogP contribution in [0.2, 0.25) is 0 Å². The number of carboxylic acids is 1. The Labute approximate surface area is 120 Å². The third-order valence-electron chi connectivity index (χ3n) is 3.46. The second kappa shape index (κ2) is 5.55. The molecule has 2 heterocycles. The Balaban J connectivity index is 2.83. The predicted molar refractivity (Wildman–Crippen MR) is 76.5 cm³/mol. The highest BCUT2D eigenvalue weighted by Gasteiger charge is 2.19. The number of hydrogen-bond donors (Lipinski definition) is 1. The minimum Gasteiger partial charge on any atom is -0.481 e. The van der Waals surface area contributed by atoms with E-state index in [1.165, 1.54) is 11.6 Å². The summed E-state index contributed by atoms with van der Waals surface area (Å²) in [5, 5.41) is 8.98. The maximum absolute atomic E-state index is 12.2. The number of aromatic nitrogens is 4. The second-order valence-corrected chi connectivity index (χ2v) is 4.98. The minimum absolute atomic E-state index is 0.131. The van der Waals surface area contributed by atoms with Crippen LogP contribution in [0, 0.1) is 0 Å². The molecule has 2 rings (SSSR count). The summed E-state index contributed by atoms with van der Waals surface area (Å²) in [6.45, 7) is 2.53. The first-order valence-electron chi connectivity index (χ1n) is 6.75. The Hall–Kier alpha value is -2.38. The summed E-state index contributed by atoms with van der Waals surface area (Å²) in [4.78, 5) is 39.3. The first-order chi connectivity index (χ1) is 9.88. The molecule has 0 unspecified atom stereocenters. The molecule has 1 N–H and O–H groups in total. The van der Waals surface area contributed by atoms with Gasteiger partial charge in [-0.2, -0.15) is 0 Å². The summed E-state index contributed by atoms with van der Waals surface area (Å²) >= 11 is 0. The zero-order chi connectivity index (χ0) is 15.7. The van der Waals surface area contributed by atoms with Gasteiger partial charge in [-0.1, -0.05) is 13.3 Å². The van der Waals surface area contributed by atoms with Crippen LogP contribution < -0.4 is 11.2 Å². The molecule has 21 heavy (non-hydrogen) atoms. The molecule has 0 aliphatic heterocycles. The number of carbonyl (C=O) groups is 1. The third-order valence-corrected chi connectivity index (χ3v) is 3.46. The van der Waals surface area contributed by atoms with Crippen molar-refractivity contribution in [2.75, 3.05) is 0 Å². The van der Waals surface area contributed by atoms with E-state index in [2.05, 4.69) is 4.98 Å². The summed E-state index contributed by atoms with van der Waals surface area (Å²) in [6, 6.07) is 0. The lowest BCUT2D eigenvalue weighted by Gasteiger charge is -2.10. The van der Waals surface area contributed by atoms with Gasteiger partial charge in [0.05, 0.1) is 0 Å². The van der Waals surface area contributed by atoms with Gasteiger partial charge >= 0.3 is 11.7 Å². The third kappa shape index (κ3) is 2.48. The smallest absolute Gasteiger partial charge is 0.332 e. The van der Waals surface area contributed by atoms with Crippen molar-refractivity contribution in [3.8, 4) is 0 Å².